The predicted molar refractivity (Wildman–Crippen MR) is 92.3 cm³/mol. The van der Waals surface area contributed by atoms with Crippen LogP contribution >= 0.6 is 15.9 Å². The van der Waals surface area contributed by atoms with E-state index in [2.05, 4.69) is 25.9 Å². The van der Waals surface area contributed by atoms with E-state index in [1.165, 1.54) is 0 Å². The molecule has 0 atom stereocenters. The zero-order chi connectivity index (χ0) is 16.3. The number of aromatic amines is 1. The van der Waals surface area contributed by atoms with Crippen LogP contribution in [0.3, 0.4) is 0 Å². The summed E-state index contributed by atoms with van der Waals surface area (Å²) in [5.74, 6) is 1.25. The number of nitrogens with two attached hydrogens (primary N) is 1. The molecule has 118 valence electrons. The number of benzene rings is 1. The van der Waals surface area contributed by atoms with Crippen molar-refractivity contribution in [2.24, 2.45) is 0 Å². The van der Waals surface area contributed by atoms with Gasteiger partial charge in [0.25, 0.3) is 5.56 Å². The van der Waals surface area contributed by atoms with Gasteiger partial charge in [0, 0.05) is 5.69 Å². The molecule has 0 unspecified atom stereocenters. The summed E-state index contributed by atoms with van der Waals surface area (Å²) in [6.07, 6.45) is 0.894. The van der Waals surface area contributed by atoms with Crippen molar-refractivity contribution in [3.8, 4) is 17.1 Å². The molecule has 22 heavy (non-hydrogen) atoms. The number of hydrogen-bond donors (Lipinski definition) is 2. The lowest BCUT2D eigenvalue weighted by molar-refractivity contribution is 0.318. The summed E-state index contributed by atoms with van der Waals surface area (Å²) in [5.41, 5.74) is 7.66. The first-order valence-electron chi connectivity index (χ1n) is 7.26. The van der Waals surface area contributed by atoms with Gasteiger partial charge in [-0.25, -0.2) is 4.98 Å². The predicted octanol–water partition coefficient (Wildman–Crippen LogP) is 3.69. The molecule has 0 spiro atoms. The highest BCUT2D eigenvalue weighted by molar-refractivity contribution is 9.10. The van der Waals surface area contributed by atoms with Crippen LogP contribution in [0.4, 0.5) is 5.69 Å². The number of halogens is 1. The molecular formula is C16H20BrN3O2. The molecule has 2 aromatic rings. The van der Waals surface area contributed by atoms with Gasteiger partial charge >= 0.3 is 0 Å². The molecule has 0 amide bonds. The first-order chi connectivity index (χ1) is 10.4. The van der Waals surface area contributed by atoms with E-state index in [4.69, 9.17) is 10.5 Å². The average Bonchev–Trinajstić information content (AvgIpc) is 2.48. The van der Waals surface area contributed by atoms with E-state index >= 15 is 0 Å². The fourth-order valence-electron chi connectivity index (χ4n) is 2.06. The third kappa shape index (κ3) is 3.50. The van der Waals surface area contributed by atoms with Crippen LogP contribution in [-0.4, -0.2) is 16.6 Å². The summed E-state index contributed by atoms with van der Waals surface area (Å²) < 4.78 is 6.20. The maximum Gasteiger partial charge on any atom is 0.265 e. The van der Waals surface area contributed by atoms with Gasteiger partial charge in [0.15, 0.2) is 0 Å². The Morgan fingerprint density at radius 2 is 2.14 bits per heavy atom. The summed E-state index contributed by atoms with van der Waals surface area (Å²) >= 11 is 3.30. The van der Waals surface area contributed by atoms with E-state index in [1.807, 2.05) is 20.8 Å². The van der Waals surface area contributed by atoms with Gasteiger partial charge in [0.2, 0.25) is 0 Å². The molecule has 0 aliphatic heterocycles. The highest BCUT2D eigenvalue weighted by atomic mass is 79.9. The number of H-pyrrole nitrogens is 1. The Kier molecular flexibility index (Phi) is 5.24. The largest absolute Gasteiger partial charge is 0.493 e. The summed E-state index contributed by atoms with van der Waals surface area (Å²) in [6, 6.07) is 5.34. The van der Waals surface area contributed by atoms with Crippen molar-refractivity contribution in [2.45, 2.75) is 33.1 Å². The molecule has 1 heterocycles. The Morgan fingerprint density at radius 3 is 2.77 bits per heavy atom. The number of aromatic nitrogens is 2. The lowest BCUT2D eigenvalue weighted by Gasteiger charge is -2.13. The second kappa shape index (κ2) is 6.96. The summed E-state index contributed by atoms with van der Waals surface area (Å²) in [5, 5.41) is 0. The zero-order valence-electron chi connectivity index (χ0n) is 12.9. The lowest BCUT2D eigenvalue weighted by Crippen LogP contribution is -2.15. The number of nitrogens with one attached hydrogen (secondary N) is 1. The van der Waals surface area contributed by atoms with Crippen molar-refractivity contribution in [1.29, 1.82) is 0 Å². The third-order valence-electron chi connectivity index (χ3n) is 3.16. The number of rotatable bonds is 5. The first kappa shape index (κ1) is 16.5. The molecule has 3 N–H and O–H groups in total. The Balaban J connectivity index is 2.60. The van der Waals surface area contributed by atoms with Crippen LogP contribution in [0.1, 0.15) is 38.8 Å². The van der Waals surface area contributed by atoms with Crippen LogP contribution in [0.5, 0.6) is 5.75 Å². The van der Waals surface area contributed by atoms with Crippen LogP contribution in [-0.2, 0) is 0 Å². The van der Waals surface area contributed by atoms with Gasteiger partial charge in [-0.05, 0) is 46.5 Å². The minimum atomic E-state index is -0.211. The monoisotopic (exact) mass is 365 g/mol. The summed E-state index contributed by atoms with van der Waals surface area (Å²) in [7, 11) is 0. The second-order valence-electron chi connectivity index (χ2n) is 5.37. The molecule has 0 radical (unpaired) electrons. The van der Waals surface area contributed by atoms with Crippen LogP contribution < -0.4 is 16.0 Å². The van der Waals surface area contributed by atoms with E-state index in [0.29, 0.717) is 39.6 Å². The molecule has 0 bridgehead atoms. The van der Waals surface area contributed by atoms with Gasteiger partial charge in [-0.3, -0.25) is 4.79 Å². The van der Waals surface area contributed by atoms with Crippen molar-refractivity contribution in [1.82, 2.24) is 9.97 Å². The van der Waals surface area contributed by atoms with Crippen LogP contribution in [0.15, 0.2) is 27.5 Å². The van der Waals surface area contributed by atoms with E-state index in [1.54, 1.807) is 18.2 Å². The Labute approximate surface area is 138 Å². The smallest absolute Gasteiger partial charge is 0.265 e. The number of nitrogen functional groups attached to an aromatic ring is 1. The molecule has 1 aromatic carbocycles. The van der Waals surface area contributed by atoms with Crippen molar-refractivity contribution in [2.75, 3.05) is 12.3 Å². The summed E-state index contributed by atoms with van der Waals surface area (Å²) in [6.45, 7) is 6.61. The maximum absolute atomic E-state index is 12.1. The topological polar surface area (TPSA) is 81.0 Å². The van der Waals surface area contributed by atoms with Crippen LogP contribution in [0.25, 0.3) is 11.4 Å². The third-order valence-corrected chi connectivity index (χ3v) is 3.92. The molecule has 0 saturated heterocycles. The molecule has 0 aliphatic rings. The summed E-state index contributed by atoms with van der Waals surface area (Å²) in [4.78, 5) is 19.5. The molecule has 2 rings (SSSR count). The van der Waals surface area contributed by atoms with Gasteiger partial charge in [0.05, 0.1) is 17.9 Å². The quantitative estimate of drug-likeness (QED) is 0.791. The standard InChI is InChI=1S/C16H20BrN3O2/c1-4-7-22-12-6-5-10(18)8-11(12)15-19-14(9(2)3)13(17)16(21)20-15/h5-6,8-9H,4,7,18H2,1-3H3,(H,19,20,21). The molecule has 0 fully saturated rings. The van der Waals surface area contributed by atoms with E-state index in [-0.39, 0.29) is 11.5 Å². The van der Waals surface area contributed by atoms with Crippen molar-refractivity contribution in [3.63, 3.8) is 0 Å². The van der Waals surface area contributed by atoms with Gasteiger partial charge < -0.3 is 15.5 Å². The number of nitrogens with zero attached hydrogens (tertiary/aromatic N) is 1. The molecule has 6 heteroatoms. The van der Waals surface area contributed by atoms with Crippen molar-refractivity contribution < 1.29 is 4.74 Å². The van der Waals surface area contributed by atoms with Crippen LogP contribution in [0.2, 0.25) is 0 Å². The fourth-order valence-corrected chi connectivity index (χ4v) is 2.70. The number of anilines is 1. The Morgan fingerprint density at radius 1 is 1.41 bits per heavy atom. The highest BCUT2D eigenvalue weighted by Gasteiger charge is 2.16. The Bertz CT molecular complexity index is 726. The minimum absolute atomic E-state index is 0.122. The van der Waals surface area contributed by atoms with Crippen molar-refractivity contribution in [3.05, 3.63) is 38.7 Å². The lowest BCUT2D eigenvalue weighted by atomic mass is 10.1. The SMILES string of the molecule is CCCOc1ccc(N)cc1-c1nc(C(C)C)c(Br)c(=O)[nH]1. The minimum Gasteiger partial charge on any atom is -0.493 e. The van der Waals surface area contributed by atoms with Crippen molar-refractivity contribution >= 4 is 21.6 Å². The van der Waals surface area contributed by atoms with Gasteiger partial charge in [0.1, 0.15) is 16.0 Å². The van der Waals surface area contributed by atoms with Gasteiger partial charge in [-0.2, -0.15) is 0 Å². The molecule has 1 aromatic heterocycles. The fraction of sp³-hybridized carbons (Fsp3) is 0.375. The first-order valence-corrected chi connectivity index (χ1v) is 8.05. The van der Waals surface area contributed by atoms with Gasteiger partial charge in [-0.15, -0.1) is 0 Å². The van der Waals surface area contributed by atoms with E-state index < -0.39 is 0 Å². The second-order valence-corrected chi connectivity index (χ2v) is 6.17. The molecule has 5 nitrogen and oxygen atoms in total. The molecule has 0 saturated carbocycles. The molecule has 0 aliphatic carbocycles. The highest BCUT2D eigenvalue weighted by Crippen LogP contribution is 2.31. The Hall–Kier alpha value is -1.82. The normalized spacial score (nSPS) is 11.0. The molecular weight excluding hydrogens is 346 g/mol. The average molecular weight is 366 g/mol. The number of hydrogen-bond acceptors (Lipinski definition) is 4. The van der Waals surface area contributed by atoms with Gasteiger partial charge in [-0.1, -0.05) is 20.8 Å². The number of ether oxygens (including phenoxy) is 1. The van der Waals surface area contributed by atoms with E-state index in [9.17, 15) is 4.79 Å². The maximum atomic E-state index is 12.1. The van der Waals surface area contributed by atoms with Crippen LogP contribution in [0, 0.1) is 0 Å². The zero-order valence-corrected chi connectivity index (χ0v) is 14.5. The van der Waals surface area contributed by atoms with E-state index in [0.717, 1.165) is 6.42 Å².